The second kappa shape index (κ2) is 6.18. The molecule has 0 N–H and O–H groups in total. The lowest BCUT2D eigenvalue weighted by molar-refractivity contribution is -0.134. The minimum atomic E-state index is -0.766. The molecule has 1 unspecified atom stereocenters. The largest absolute Gasteiger partial charge is 0.378 e. The van der Waals surface area contributed by atoms with Crippen LogP contribution in [0.4, 0.5) is 0 Å². The number of fused-ring (bicyclic) bond motifs is 1. The van der Waals surface area contributed by atoms with Gasteiger partial charge in [-0.05, 0) is 18.2 Å². The maximum Gasteiger partial charge on any atom is 0.245 e. The summed E-state index contributed by atoms with van der Waals surface area (Å²) in [6.07, 6.45) is 1.67. The van der Waals surface area contributed by atoms with Gasteiger partial charge in [-0.3, -0.25) is 9.78 Å². The Bertz CT molecular complexity index is 672. The van der Waals surface area contributed by atoms with Crippen LogP contribution in [0.3, 0.4) is 0 Å². The Kier molecular flexibility index (Phi) is 4.29. The maximum atomic E-state index is 12.5. The monoisotopic (exact) mass is 324 g/mol. The van der Waals surface area contributed by atoms with Gasteiger partial charge in [-0.15, -0.1) is 11.6 Å². The highest BCUT2D eigenvalue weighted by Gasteiger charge is 2.27. The summed E-state index contributed by atoms with van der Waals surface area (Å²) in [7, 11) is 0. The van der Waals surface area contributed by atoms with E-state index in [0.717, 1.165) is 5.39 Å². The summed E-state index contributed by atoms with van der Waals surface area (Å²) in [5, 5.41) is 0.638. The molecule has 21 heavy (non-hydrogen) atoms. The first kappa shape index (κ1) is 14.6. The van der Waals surface area contributed by atoms with Crippen molar-refractivity contribution < 1.29 is 9.53 Å². The number of morpholine rings is 1. The van der Waals surface area contributed by atoms with Gasteiger partial charge in [0.1, 0.15) is 5.38 Å². The van der Waals surface area contributed by atoms with Gasteiger partial charge in [-0.1, -0.05) is 17.7 Å². The molecule has 4 nitrogen and oxygen atoms in total. The third-order valence-electron chi connectivity index (χ3n) is 3.56. The fourth-order valence-electron chi connectivity index (χ4n) is 2.44. The lowest BCUT2D eigenvalue weighted by Crippen LogP contribution is -2.42. The van der Waals surface area contributed by atoms with Crippen molar-refractivity contribution in [2.75, 3.05) is 26.3 Å². The van der Waals surface area contributed by atoms with E-state index in [9.17, 15) is 4.79 Å². The zero-order valence-corrected chi connectivity index (χ0v) is 12.8. The molecule has 1 aromatic carbocycles. The lowest BCUT2D eigenvalue weighted by atomic mass is 10.1. The van der Waals surface area contributed by atoms with Crippen LogP contribution in [0.25, 0.3) is 10.9 Å². The third-order valence-corrected chi connectivity index (χ3v) is 4.31. The highest BCUT2D eigenvalue weighted by molar-refractivity contribution is 6.36. The van der Waals surface area contributed by atoms with Crippen molar-refractivity contribution >= 4 is 40.0 Å². The minimum absolute atomic E-state index is 0.116. The summed E-state index contributed by atoms with van der Waals surface area (Å²) >= 11 is 12.6. The van der Waals surface area contributed by atoms with Crippen LogP contribution < -0.4 is 0 Å². The zero-order valence-electron chi connectivity index (χ0n) is 11.3. The summed E-state index contributed by atoms with van der Waals surface area (Å²) in [6.45, 7) is 2.24. The number of nitrogens with zero attached hydrogens (tertiary/aromatic N) is 2. The van der Waals surface area contributed by atoms with Crippen molar-refractivity contribution in [3.63, 3.8) is 0 Å². The van der Waals surface area contributed by atoms with E-state index < -0.39 is 5.38 Å². The minimum Gasteiger partial charge on any atom is -0.378 e. The molecule has 1 atom stereocenters. The summed E-state index contributed by atoms with van der Waals surface area (Å²) in [6, 6.07) is 7.21. The van der Waals surface area contributed by atoms with Crippen LogP contribution in [0.2, 0.25) is 5.02 Å². The van der Waals surface area contributed by atoms with E-state index in [1.807, 2.05) is 12.1 Å². The molecule has 3 rings (SSSR count). The number of aromatic nitrogens is 1. The molecule has 0 aliphatic carbocycles. The van der Waals surface area contributed by atoms with E-state index in [1.54, 1.807) is 23.2 Å². The standard InChI is InChI=1S/C15H14Cl2N2O2/c16-12-4-3-11(14-10(12)2-1-5-18-14)13(17)15(20)19-6-8-21-9-7-19/h1-5,13H,6-9H2. The number of hydrogen-bond acceptors (Lipinski definition) is 3. The summed E-state index contributed by atoms with van der Waals surface area (Å²) in [5.41, 5.74) is 1.36. The summed E-state index contributed by atoms with van der Waals surface area (Å²) in [4.78, 5) is 18.6. The first-order valence-corrected chi connectivity index (χ1v) is 7.53. The first-order valence-electron chi connectivity index (χ1n) is 6.72. The molecule has 1 aliphatic rings. The number of carbonyl (C=O) groups is 1. The number of benzene rings is 1. The van der Waals surface area contributed by atoms with E-state index in [0.29, 0.717) is 42.4 Å². The van der Waals surface area contributed by atoms with Gasteiger partial charge < -0.3 is 9.64 Å². The molecule has 1 saturated heterocycles. The predicted molar refractivity (Wildman–Crippen MR) is 82.7 cm³/mol. The fraction of sp³-hybridized carbons (Fsp3) is 0.333. The van der Waals surface area contributed by atoms with E-state index in [-0.39, 0.29) is 5.91 Å². The number of ether oxygens (including phenoxy) is 1. The van der Waals surface area contributed by atoms with Gasteiger partial charge in [0.25, 0.3) is 0 Å². The smallest absolute Gasteiger partial charge is 0.245 e. The normalized spacial score (nSPS) is 17.0. The molecule has 2 aromatic rings. The van der Waals surface area contributed by atoms with E-state index >= 15 is 0 Å². The van der Waals surface area contributed by atoms with E-state index in [2.05, 4.69) is 4.98 Å². The van der Waals surface area contributed by atoms with Gasteiger partial charge in [-0.25, -0.2) is 0 Å². The molecule has 2 heterocycles. The molecule has 1 aliphatic heterocycles. The Morgan fingerprint density at radius 2 is 2.05 bits per heavy atom. The van der Waals surface area contributed by atoms with Crippen molar-refractivity contribution in [2.24, 2.45) is 0 Å². The molecule has 110 valence electrons. The third kappa shape index (κ3) is 2.84. The molecular formula is C15H14Cl2N2O2. The quantitative estimate of drug-likeness (QED) is 0.797. The van der Waals surface area contributed by atoms with Crippen LogP contribution in [0.5, 0.6) is 0 Å². The number of alkyl halides is 1. The Balaban J connectivity index is 1.96. The van der Waals surface area contributed by atoms with Crippen LogP contribution in [-0.2, 0) is 9.53 Å². The van der Waals surface area contributed by atoms with Crippen LogP contribution in [0.15, 0.2) is 30.5 Å². The number of halogens is 2. The zero-order chi connectivity index (χ0) is 14.8. The number of hydrogen-bond donors (Lipinski definition) is 0. The molecule has 6 heteroatoms. The summed E-state index contributed by atoms with van der Waals surface area (Å²) in [5.74, 6) is -0.116. The fourth-order valence-corrected chi connectivity index (χ4v) is 2.97. The molecule has 1 fully saturated rings. The van der Waals surface area contributed by atoms with Crippen molar-refractivity contribution in [1.29, 1.82) is 0 Å². The Hall–Kier alpha value is -1.36. The number of carbonyl (C=O) groups excluding carboxylic acids is 1. The predicted octanol–water partition coefficient (Wildman–Crippen LogP) is 3.03. The highest BCUT2D eigenvalue weighted by Crippen LogP contribution is 2.32. The Labute approximate surface area is 132 Å². The van der Waals surface area contributed by atoms with Crippen LogP contribution in [0.1, 0.15) is 10.9 Å². The molecule has 0 radical (unpaired) electrons. The van der Waals surface area contributed by atoms with Crippen LogP contribution in [0, 0.1) is 0 Å². The van der Waals surface area contributed by atoms with E-state index in [1.165, 1.54) is 0 Å². The highest BCUT2D eigenvalue weighted by atomic mass is 35.5. The maximum absolute atomic E-state index is 12.5. The Morgan fingerprint density at radius 3 is 2.81 bits per heavy atom. The molecule has 0 spiro atoms. The second-order valence-electron chi connectivity index (χ2n) is 4.84. The van der Waals surface area contributed by atoms with Crippen molar-refractivity contribution in [3.8, 4) is 0 Å². The van der Waals surface area contributed by atoms with Crippen LogP contribution in [-0.4, -0.2) is 42.1 Å². The second-order valence-corrected chi connectivity index (χ2v) is 5.68. The van der Waals surface area contributed by atoms with Crippen molar-refractivity contribution in [1.82, 2.24) is 9.88 Å². The van der Waals surface area contributed by atoms with Gasteiger partial charge in [0.2, 0.25) is 5.91 Å². The van der Waals surface area contributed by atoms with Gasteiger partial charge in [0.15, 0.2) is 0 Å². The van der Waals surface area contributed by atoms with Gasteiger partial charge in [0, 0.05) is 35.3 Å². The number of amides is 1. The molecule has 1 aromatic heterocycles. The van der Waals surface area contributed by atoms with Crippen molar-refractivity contribution in [2.45, 2.75) is 5.38 Å². The molecule has 1 amide bonds. The average Bonchev–Trinajstić information content (AvgIpc) is 2.55. The van der Waals surface area contributed by atoms with Gasteiger partial charge >= 0.3 is 0 Å². The first-order chi connectivity index (χ1) is 10.2. The molecule has 0 bridgehead atoms. The number of rotatable bonds is 2. The van der Waals surface area contributed by atoms with Gasteiger partial charge in [-0.2, -0.15) is 0 Å². The molecule has 0 saturated carbocycles. The lowest BCUT2D eigenvalue weighted by Gasteiger charge is -2.28. The van der Waals surface area contributed by atoms with Gasteiger partial charge in [0.05, 0.1) is 18.7 Å². The SMILES string of the molecule is O=C(C(Cl)c1ccc(Cl)c2cccnc12)N1CCOCC1. The Morgan fingerprint density at radius 1 is 1.29 bits per heavy atom. The topological polar surface area (TPSA) is 42.4 Å². The average molecular weight is 325 g/mol. The van der Waals surface area contributed by atoms with Crippen molar-refractivity contribution in [3.05, 3.63) is 41.0 Å². The number of pyridine rings is 1. The summed E-state index contributed by atoms with van der Waals surface area (Å²) < 4.78 is 5.25. The van der Waals surface area contributed by atoms with Crippen LogP contribution >= 0.6 is 23.2 Å². The van der Waals surface area contributed by atoms with E-state index in [4.69, 9.17) is 27.9 Å². The molecular weight excluding hydrogens is 311 g/mol.